The van der Waals surface area contributed by atoms with Crippen LogP contribution in [0.2, 0.25) is 0 Å². The lowest BCUT2D eigenvalue weighted by molar-refractivity contribution is -0.138. The number of hydrogen-bond donors (Lipinski definition) is 1. The van der Waals surface area contributed by atoms with E-state index in [0.29, 0.717) is 22.3 Å². The van der Waals surface area contributed by atoms with Gasteiger partial charge in [-0.25, -0.2) is 18.8 Å². The molecule has 0 aliphatic heterocycles. The fraction of sp³-hybridized carbons (Fsp3) is 0.435. The first-order chi connectivity index (χ1) is 17.0. The van der Waals surface area contributed by atoms with Gasteiger partial charge in [-0.05, 0) is 55.8 Å². The van der Waals surface area contributed by atoms with E-state index in [1.807, 2.05) is 0 Å². The zero-order chi connectivity index (χ0) is 28.3. The lowest BCUT2D eigenvalue weighted by Gasteiger charge is -2.25. The van der Waals surface area contributed by atoms with Crippen LogP contribution in [0, 0.1) is 5.82 Å². The standard InChI is InChI=1S/C23H25BrF4N2O6S/c1-6-35-21(34)30(11-12-14(23(26,27)28)8-7-9-15(12)25)18-16(19(31)32)13(17(24)37-18)10-29(5)20(33)36-22(2,3)4/h7-9H,6,10-11H2,1-5H3,(H,31,32). The summed E-state index contributed by atoms with van der Waals surface area (Å²) in [7, 11) is 1.36. The maximum atomic E-state index is 14.6. The molecule has 0 fully saturated rings. The fourth-order valence-corrected chi connectivity index (χ4v) is 4.99. The molecule has 1 N–H and O–H groups in total. The molecule has 8 nitrogen and oxygen atoms in total. The number of alkyl halides is 3. The number of amides is 2. The minimum absolute atomic E-state index is 0.0553. The van der Waals surface area contributed by atoms with Gasteiger partial charge in [0.15, 0.2) is 0 Å². The Balaban J connectivity index is 2.63. The summed E-state index contributed by atoms with van der Waals surface area (Å²) in [6, 6.07) is 2.34. The van der Waals surface area contributed by atoms with Crippen LogP contribution in [0.25, 0.3) is 0 Å². The average Bonchev–Trinajstić information content (AvgIpc) is 3.06. The number of ether oxygens (including phenoxy) is 2. The van der Waals surface area contributed by atoms with E-state index < -0.39 is 59.0 Å². The summed E-state index contributed by atoms with van der Waals surface area (Å²) < 4.78 is 65.8. The topological polar surface area (TPSA) is 96.4 Å². The van der Waals surface area contributed by atoms with Crippen LogP contribution in [0.5, 0.6) is 0 Å². The van der Waals surface area contributed by atoms with Crippen molar-refractivity contribution in [3.8, 4) is 0 Å². The molecular formula is C23H25BrF4N2O6S. The van der Waals surface area contributed by atoms with Crippen molar-refractivity contribution in [1.82, 2.24) is 4.90 Å². The maximum absolute atomic E-state index is 14.6. The lowest BCUT2D eigenvalue weighted by atomic mass is 10.1. The van der Waals surface area contributed by atoms with Crippen LogP contribution in [0.15, 0.2) is 22.0 Å². The number of rotatable bonds is 7. The number of aromatic carboxylic acids is 1. The van der Waals surface area contributed by atoms with E-state index in [9.17, 15) is 37.1 Å². The maximum Gasteiger partial charge on any atom is 0.416 e. The van der Waals surface area contributed by atoms with Gasteiger partial charge in [-0.2, -0.15) is 13.2 Å². The number of halogens is 5. The molecule has 0 aliphatic rings. The van der Waals surface area contributed by atoms with Gasteiger partial charge in [-0.1, -0.05) is 6.07 Å². The molecule has 0 aliphatic carbocycles. The first kappa shape index (κ1) is 30.4. The second kappa shape index (κ2) is 11.7. The molecule has 1 aromatic carbocycles. The normalized spacial score (nSPS) is 11.7. The molecular weight excluding hydrogens is 588 g/mol. The van der Waals surface area contributed by atoms with Gasteiger partial charge >= 0.3 is 24.3 Å². The number of benzene rings is 1. The zero-order valence-electron chi connectivity index (χ0n) is 20.5. The summed E-state index contributed by atoms with van der Waals surface area (Å²) in [5.74, 6) is -2.76. The second-order valence-corrected chi connectivity index (χ2v) is 11.0. The number of carbonyl (C=O) groups excluding carboxylic acids is 2. The molecule has 0 unspecified atom stereocenters. The molecule has 14 heteroatoms. The fourth-order valence-electron chi connectivity index (χ4n) is 3.18. The van der Waals surface area contributed by atoms with Crippen molar-refractivity contribution in [2.24, 2.45) is 0 Å². The van der Waals surface area contributed by atoms with Crippen LogP contribution in [0.4, 0.5) is 32.2 Å². The number of thiophene rings is 1. The summed E-state index contributed by atoms with van der Waals surface area (Å²) >= 11 is 3.94. The van der Waals surface area contributed by atoms with Crippen LogP contribution >= 0.6 is 27.3 Å². The highest BCUT2D eigenvalue weighted by molar-refractivity contribution is 9.11. The van der Waals surface area contributed by atoms with Gasteiger partial charge in [0.25, 0.3) is 0 Å². The third kappa shape index (κ3) is 7.57. The Morgan fingerprint density at radius 2 is 1.70 bits per heavy atom. The molecule has 0 saturated heterocycles. The number of hydrogen-bond acceptors (Lipinski definition) is 6. The molecule has 2 rings (SSSR count). The molecule has 2 amide bonds. The quantitative estimate of drug-likeness (QED) is 0.342. The van der Waals surface area contributed by atoms with E-state index in [4.69, 9.17) is 9.47 Å². The summed E-state index contributed by atoms with van der Waals surface area (Å²) in [5.41, 5.74) is -3.42. The van der Waals surface area contributed by atoms with E-state index in [0.717, 1.165) is 17.0 Å². The molecule has 0 bridgehead atoms. The number of carboxylic acids is 1. The van der Waals surface area contributed by atoms with Gasteiger partial charge in [0, 0.05) is 18.2 Å². The van der Waals surface area contributed by atoms with Crippen LogP contribution < -0.4 is 4.90 Å². The SMILES string of the molecule is CCOC(=O)N(Cc1c(F)cccc1C(F)(F)F)c1sc(Br)c(CN(C)C(=O)OC(C)(C)C)c1C(=O)O. The van der Waals surface area contributed by atoms with Gasteiger partial charge in [-0.3, -0.25) is 4.90 Å². The van der Waals surface area contributed by atoms with E-state index in [1.165, 1.54) is 14.0 Å². The predicted molar refractivity (Wildman–Crippen MR) is 131 cm³/mol. The van der Waals surface area contributed by atoms with Crippen LogP contribution in [0.3, 0.4) is 0 Å². The van der Waals surface area contributed by atoms with E-state index in [2.05, 4.69) is 15.9 Å². The highest BCUT2D eigenvalue weighted by Crippen LogP contribution is 2.42. The van der Waals surface area contributed by atoms with Crippen molar-refractivity contribution in [2.45, 2.75) is 52.6 Å². The first-order valence-electron chi connectivity index (χ1n) is 10.7. The Hall–Kier alpha value is -2.87. The minimum atomic E-state index is -4.94. The Labute approximate surface area is 222 Å². The Bertz CT molecular complexity index is 1180. The smallest absolute Gasteiger partial charge is 0.416 e. The molecule has 0 radical (unpaired) electrons. The largest absolute Gasteiger partial charge is 0.478 e. The molecule has 0 saturated carbocycles. The van der Waals surface area contributed by atoms with Gasteiger partial charge in [0.05, 0.1) is 29.0 Å². The van der Waals surface area contributed by atoms with Crippen LogP contribution in [-0.4, -0.2) is 47.4 Å². The van der Waals surface area contributed by atoms with Gasteiger partial charge in [0.2, 0.25) is 0 Å². The van der Waals surface area contributed by atoms with Crippen molar-refractivity contribution < 1.29 is 46.5 Å². The Morgan fingerprint density at radius 3 is 2.22 bits per heavy atom. The molecule has 2 aromatic rings. The van der Waals surface area contributed by atoms with E-state index >= 15 is 0 Å². The molecule has 204 valence electrons. The number of nitrogens with zero attached hydrogens (tertiary/aromatic N) is 2. The highest BCUT2D eigenvalue weighted by Gasteiger charge is 2.37. The zero-order valence-corrected chi connectivity index (χ0v) is 22.9. The van der Waals surface area contributed by atoms with Crippen molar-refractivity contribution in [3.05, 3.63) is 50.1 Å². The molecule has 0 atom stereocenters. The van der Waals surface area contributed by atoms with Gasteiger partial charge in [-0.15, -0.1) is 11.3 Å². The van der Waals surface area contributed by atoms with Crippen LogP contribution in [0.1, 0.15) is 54.7 Å². The van der Waals surface area contributed by atoms with Crippen molar-refractivity contribution in [2.75, 3.05) is 18.6 Å². The molecule has 0 spiro atoms. The van der Waals surface area contributed by atoms with Gasteiger partial charge < -0.3 is 19.5 Å². The van der Waals surface area contributed by atoms with Crippen molar-refractivity contribution >= 4 is 50.4 Å². The summed E-state index contributed by atoms with van der Waals surface area (Å²) in [5, 5.41) is 9.68. The highest BCUT2D eigenvalue weighted by atomic mass is 79.9. The number of carbonyl (C=O) groups is 3. The minimum Gasteiger partial charge on any atom is -0.478 e. The third-order valence-corrected chi connectivity index (χ3v) is 6.74. The molecule has 1 aromatic heterocycles. The molecule has 37 heavy (non-hydrogen) atoms. The predicted octanol–water partition coefficient (Wildman–Crippen LogP) is 6.90. The first-order valence-corrected chi connectivity index (χ1v) is 12.4. The average molecular weight is 613 g/mol. The Morgan fingerprint density at radius 1 is 1.08 bits per heavy atom. The summed E-state index contributed by atoms with van der Waals surface area (Å²) in [6.45, 7) is 4.97. The number of carboxylic acid groups (broad SMARTS) is 1. The monoisotopic (exact) mass is 612 g/mol. The number of anilines is 1. The van der Waals surface area contributed by atoms with Crippen molar-refractivity contribution in [1.29, 1.82) is 0 Å². The van der Waals surface area contributed by atoms with E-state index in [-0.39, 0.29) is 27.5 Å². The van der Waals surface area contributed by atoms with Crippen LogP contribution in [-0.2, 0) is 28.7 Å². The van der Waals surface area contributed by atoms with E-state index in [1.54, 1.807) is 20.8 Å². The second-order valence-electron chi connectivity index (χ2n) is 8.72. The summed E-state index contributed by atoms with van der Waals surface area (Å²) in [4.78, 5) is 39.2. The van der Waals surface area contributed by atoms with Crippen molar-refractivity contribution in [3.63, 3.8) is 0 Å². The van der Waals surface area contributed by atoms with Gasteiger partial charge in [0.1, 0.15) is 22.0 Å². The lowest BCUT2D eigenvalue weighted by Crippen LogP contribution is -2.34. The Kier molecular flexibility index (Phi) is 9.58. The molecule has 1 heterocycles. The third-order valence-electron chi connectivity index (χ3n) is 4.73. The summed E-state index contributed by atoms with van der Waals surface area (Å²) in [6.07, 6.45) is -6.88.